The Morgan fingerprint density at radius 2 is 1.69 bits per heavy atom. The molecule has 0 fully saturated rings. The summed E-state index contributed by atoms with van der Waals surface area (Å²) in [6.07, 6.45) is 0.0498. The first-order chi connectivity index (χ1) is 16.9. The lowest BCUT2D eigenvalue weighted by Crippen LogP contribution is -2.40. The van der Waals surface area contributed by atoms with Crippen molar-refractivity contribution in [2.24, 2.45) is 5.92 Å². The van der Waals surface area contributed by atoms with Gasteiger partial charge in [0.1, 0.15) is 6.61 Å². The normalized spacial score (nSPS) is 14.6. The van der Waals surface area contributed by atoms with Crippen LogP contribution in [0.1, 0.15) is 39.9 Å². The van der Waals surface area contributed by atoms with Crippen molar-refractivity contribution < 1.29 is 24.2 Å². The van der Waals surface area contributed by atoms with Gasteiger partial charge in [0, 0.05) is 24.7 Å². The molecule has 35 heavy (non-hydrogen) atoms. The minimum atomic E-state index is -0.988. The number of hydrogen-bond acceptors (Lipinski definition) is 4. The van der Waals surface area contributed by atoms with Crippen LogP contribution in [0.4, 0.5) is 10.5 Å². The smallest absolute Gasteiger partial charge is 0.407 e. The van der Waals surface area contributed by atoms with Crippen LogP contribution >= 0.6 is 0 Å². The van der Waals surface area contributed by atoms with E-state index in [4.69, 9.17) is 4.74 Å². The zero-order valence-electron chi connectivity index (χ0n) is 19.4. The molecule has 3 aromatic rings. The second kappa shape index (κ2) is 9.25. The molecule has 0 spiro atoms. The summed E-state index contributed by atoms with van der Waals surface area (Å²) < 4.78 is 5.56. The van der Waals surface area contributed by atoms with E-state index in [1.165, 1.54) is 6.07 Å². The fraction of sp³-hybridized carbons (Fsp3) is 0.250. The highest BCUT2D eigenvalue weighted by atomic mass is 16.5. The van der Waals surface area contributed by atoms with Crippen LogP contribution in [-0.2, 0) is 16.0 Å². The molecular weight excluding hydrogens is 444 g/mol. The number of rotatable bonds is 6. The molecule has 1 aliphatic heterocycles. The molecule has 0 saturated carbocycles. The Labute approximate surface area is 203 Å². The summed E-state index contributed by atoms with van der Waals surface area (Å²) in [5.74, 6) is -1.59. The topological polar surface area (TPSA) is 95.9 Å². The van der Waals surface area contributed by atoms with E-state index >= 15 is 0 Å². The third-order valence-corrected chi connectivity index (χ3v) is 6.81. The Balaban J connectivity index is 1.17. The molecule has 2 amide bonds. The minimum Gasteiger partial charge on any atom is -0.478 e. The number of carbonyl (C=O) groups excluding carboxylic acids is 2. The number of carboxylic acid groups (broad SMARTS) is 1. The van der Waals surface area contributed by atoms with Gasteiger partial charge in [0.25, 0.3) is 0 Å². The van der Waals surface area contributed by atoms with Crippen LogP contribution in [0.2, 0.25) is 0 Å². The number of carboxylic acids is 1. The summed E-state index contributed by atoms with van der Waals surface area (Å²) in [6, 6.07) is 21.1. The molecule has 1 aliphatic carbocycles. The van der Waals surface area contributed by atoms with Gasteiger partial charge in [0.15, 0.2) is 0 Å². The van der Waals surface area contributed by atoms with Gasteiger partial charge in [-0.3, -0.25) is 4.79 Å². The number of nitrogens with one attached hydrogen (secondary N) is 1. The highest BCUT2D eigenvalue weighted by Crippen LogP contribution is 2.44. The van der Waals surface area contributed by atoms with Crippen LogP contribution in [0.15, 0.2) is 66.7 Å². The molecule has 5 rings (SSSR count). The zero-order valence-corrected chi connectivity index (χ0v) is 19.4. The lowest BCUT2D eigenvalue weighted by atomic mass is 9.98. The molecule has 7 heteroatoms. The maximum absolute atomic E-state index is 13.0. The van der Waals surface area contributed by atoms with Crippen molar-refractivity contribution in [2.45, 2.75) is 19.3 Å². The SMILES string of the molecule is CC(CNC(=O)OCC1c2ccccc2-c2ccccc21)C(=O)N1CCc2cc(C(=O)O)ccc21. The lowest BCUT2D eigenvalue weighted by Gasteiger charge is -2.22. The standard InChI is InChI=1S/C28H26N2O5/c1-17(26(31)30-13-12-18-14-19(27(32)33)10-11-25(18)30)15-29-28(34)35-16-24-22-8-4-2-6-20(22)21-7-3-5-9-23(21)24/h2-11,14,17,24H,12-13,15-16H2,1H3,(H,29,34)(H,32,33). The Bertz CT molecular complexity index is 1270. The van der Waals surface area contributed by atoms with Crippen molar-refractivity contribution in [3.8, 4) is 11.1 Å². The number of fused-ring (bicyclic) bond motifs is 4. The van der Waals surface area contributed by atoms with Crippen molar-refractivity contribution >= 4 is 23.7 Å². The summed E-state index contributed by atoms with van der Waals surface area (Å²) >= 11 is 0. The first-order valence-corrected chi connectivity index (χ1v) is 11.7. The van der Waals surface area contributed by atoms with Crippen molar-refractivity contribution in [3.05, 3.63) is 89.0 Å². The second-order valence-electron chi connectivity index (χ2n) is 9.00. The highest BCUT2D eigenvalue weighted by Gasteiger charge is 2.30. The van der Waals surface area contributed by atoms with Crippen LogP contribution in [0.3, 0.4) is 0 Å². The molecule has 0 bridgehead atoms. The monoisotopic (exact) mass is 470 g/mol. The van der Waals surface area contributed by atoms with Gasteiger partial charge in [-0.2, -0.15) is 0 Å². The molecule has 1 atom stereocenters. The van der Waals surface area contributed by atoms with Gasteiger partial charge in [-0.15, -0.1) is 0 Å². The van der Waals surface area contributed by atoms with Crippen molar-refractivity contribution in [1.82, 2.24) is 5.32 Å². The molecule has 2 N–H and O–H groups in total. The number of carbonyl (C=O) groups is 3. The number of anilines is 1. The van der Waals surface area contributed by atoms with E-state index in [0.29, 0.717) is 13.0 Å². The predicted octanol–water partition coefficient (Wildman–Crippen LogP) is 4.45. The van der Waals surface area contributed by atoms with Gasteiger partial charge < -0.3 is 20.1 Å². The van der Waals surface area contributed by atoms with E-state index in [0.717, 1.165) is 33.5 Å². The predicted molar refractivity (Wildman–Crippen MR) is 132 cm³/mol. The molecule has 0 saturated heterocycles. The van der Waals surface area contributed by atoms with Crippen LogP contribution in [-0.4, -0.2) is 42.8 Å². The summed E-state index contributed by atoms with van der Waals surface area (Å²) in [5, 5.41) is 11.9. The lowest BCUT2D eigenvalue weighted by molar-refractivity contribution is -0.121. The van der Waals surface area contributed by atoms with Gasteiger partial charge >= 0.3 is 12.1 Å². The third-order valence-electron chi connectivity index (χ3n) is 6.81. The molecule has 1 heterocycles. The number of aromatic carboxylic acids is 1. The average molecular weight is 471 g/mol. The zero-order chi connectivity index (χ0) is 24.5. The fourth-order valence-corrected chi connectivity index (χ4v) is 5.00. The maximum atomic E-state index is 13.0. The average Bonchev–Trinajstić information content (AvgIpc) is 3.44. The van der Waals surface area contributed by atoms with Gasteiger partial charge in [0.05, 0.1) is 11.5 Å². The summed E-state index contributed by atoms with van der Waals surface area (Å²) in [5.41, 5.74) is 6.40. The summed E-state index contributed by atoms with van der Waals surface area (Å²) in [6.45, 7) is 2.62. The molecule has 2 aliphatic rings. The largest absolute Gasteiger partial charge is 0.478 e. The Morgan fingerprint density at radius 1 is 1.03 bits per heavy atom. The highest BCUT2D eigenvalue weighted by molar-refractivity contribution is 5.98. The summed E-state index contributed by atoms with van der Waals surface area (Å²) in [7, 11) is 0. The number of alkyl carbamates (subject to hydrolysis) is 1. The second-order valence-corrected chi connectivity index (χ2v) is 9.00. The molecular formula is C28H26N2O5. The van der Waals surface area contributed by atoms with E-state index in [-0.39, 0.29) is 30.5 Å². The Hall–Kier alpha value is -4.13. The van der Waals surface area contributed by atoms with Gasteiger partial charge in [-0.25, -0.2) is 9.59 Å². The number of hydrogen-bond donors (Lipinski definition) is 2. The van der Waals surface area contributed by atoms with Crippen molar-refractivity contribution in [3.63, 3.8) is 0 Å². The van der Waals surface area contributed by atoms with Crippen LogP contribution in [0, 0.1) is 5.92 Å². The van der Waals surface area contributed by atoms with Crippen LogP contribution in [0.5, 0.6) is 0 Å². The molecule has 0 aromatic heterocycles. The molecule has 0 radical (unpaired) electrons. The minimum absolute atomic E-state index is 0.0241. The van der Waals surface area contributed by atoms with Crippen molar-refractivity contribution in [1.29, 1.82) is 0 Å². The fourth-order valence-electron chi connectivity index (χ4n) is 5.00. The number of benzene rings is 3. The molecule has 3 aromatic carbocycles. The third kappa shape index (κ3) is 4.25. The first-order valence-electron chi connectivity index (χ1n) is 11.7. The van der Waals surface area contributed by atoms with Crippen LogP contribution < -0.4 is 10.2 Å². The maximum Gasteiger partial charge on any atom is 0.407 e. The Kier molecular flexibility index (Phi) is 5.99. The van der Waals surface area contributed by atoms with E-state index < -0.39 is 18.0 Å². The number of amides is 2. The van der Waals surface area contributed by atoms with E-state index in [2.05, 4.69) is 29.6 Å². The molecule has 178 valence electrons. The van der Waals surface area contributed by atoms with E-state index in [1.54, 1.807) is 24.0 Å². The summed E-state index contributed by atoms with van der Waals surface area (Å²) in [4.78, 5) is 38.3. The Morgan fingerprint density at radius 3 is 2.34 bits per heavy atom. The van der Waals surface area contributed by atoms with Gasteiger partial charge in [-0.1, -0.05) is 55.5 Å². The van der Waals surface area contributed by atoms with E-state index in [1.807, 2.05) is 24.3 Å². The number of ether oxygens (including phenoxy) is 1. The van der Waals surface area contributed by atoms with Gasteiger partial charge in [0.2, 0.25) is 5.91 Å². The van der Waals surface area contributed by atoms with E-state index in [9.17, 15) is 19.5 Å². The number of nitrogens with zero attached hydrogens (tertiary/aromatic N) is 1. The quantitative estimate of drug-likeness (QED) is 0.555. The van der Waals surface area contributed by atoms with Crippen molar-refractivity contribution in [2.75, 3.05) is 24.6 Å². The van der Waals surface area contributed by atoms with Crippen LogP contribution in [0.25, 0.3) is 11.1 Å². The molecule has 1 unspecified atom stereocenters. The first kappa shape index (κ1) is 22.7. The van der Waals surface area contributed by atoms with Gasteiger partial charge in [-0.05, 0) is 52.4 Å². The molecule has 7 nitrogen and oxygen atoms in total.